The molecule has 9 nitrogen and oxygen atoms in total. The maximum atomic E-state index is 13.3. The van der Waals surface area contributed by atoms with Crippen LogP contribution in [0.2, 0.25) is 0 Å². The highest BCUT2D eigenvalue weighted by molar-refractivity contribution is 6.38. The summed E-state index contributed by atoms with van der Waals surface area (Å²) >= 11 is 0. The van der Waals surface area contributed by atoms with E-state index in [4.69, 9.17) is 5.11 Å². The molecule has 0 amide bonds. The molecular formula is C23H18N4O5. The maximum absolute atomic E-state index is 13.3. The van der Waals surface area contributed by atoms with Crippen molar-refractivity contribution in [2.45, 2.75) is 13.1 Å². The Hall–Kier alpha value is -4.53. The number of carbonyl (C=O) groups excluding carboxylic acids is 1. The molecule has 2 aromatic carbocycles. The normalized spacial score (nSPS) is 11.6. The molecule has 160 valence electrons. The molecule has 0 aliphatic rings. The molecule has 4 rings (SSSR count). The standard InChI is InChI=1S/C23H18N4O5/c28-17(11-18(29)23(31)32)20-25-21-19(22(30)27(20)13-16-9-5-2-6-10-16)24-14-26(21)12-15-7-3-1-4-8-15/h1-11,14,28H,12-13H2,(H,31,32). The van der Waals surface area contributed by atoms with E-state index in [1.165, 1.54) is 10.9 Å². The number of imidazole rings is 1. The molecule has 2 N–H and O–H groups in total. The Morgan fingerprint density at radius 2 is 1.50 bits per heavy atom. The van der Waals surface area contributed by atoms with Gasteiger partial charge in [0, 0.05) is 6.08 Å². The zero-order chi connectivity index (χ0) is 22.7. The van der Waals surface area contributed by atoms with Gasteiger partial charge < -0.3 is 14.8 Å². The Kier molecular flexibility index (Phi) is 5.63. The van der Waals surface area contributed by atoms with E-state index >= 15 is 0 Å². The van der Waals surface area contributed by atoms with Crippen LogP contribution < -0.4 is 5.56 Å². The number of aliphatic hydroxyl groups excluding tert-OH is 1. The Bertz CT molecular complexity index is 1390. The molecule has 0 saturated heterocycles. The molecule has 4 aromatic rings. The van der Waals surface area contributed by atoms with Crippen LogP contribution in [0.1, 0.15) is 17.0 Å². The van der Waals surface area contributed by atoms with E-state index in [1.54, 1.807) is 28.8 Å². The average molecular weight is 430 g/mol. The van der Waals surface area contributed by atoms with Gasteiger partial charge in [-0.2, -0.15) is 0 Å². The second kappa shape index (κ2) is 8.68. The van der Waals surface area contributed by atoms with Crippen molar-refractivity contribution in [3.63, 3.8) is 0 Å². The molecule has 0 unspecified atom stereocenters. The van der Waals surface area contributed by atoms with Crippen LogP contribution >= 0.6 is 0 Å². The molecule has 32 heavy (non-hydrogen) atoms. The highest BCUT2D eigenvalue weighted by Gasteiger charge is 2.20. The van der Waals surface area contributed by atoms with Gasteiger partial charge in [0.2, 0.25) is 0 Å². The minimum absolute atomic E-state index is 0.0443. The first-order chi connectivity index (χ1) is 15.4. The molecule has 0 bridgehead atoms. The van der Waals surface area contributed by atoms with Crippen LogP contribution in [0.4, 0.5) is 0 Å². The van der Waals surface area contributed by atoms with E-state index in [1.807, 2.05) is 36.4 Å². The van der Waals surface area contributed by atoms with Crippen molar-refractivity contribution in [3.05, 3.63) is 100 Å². The number of benzene rings is 2. The lowest BCUT2D eigenvalue weighted by atomic mass is 10.2. The minimum atomic E-state index is -1.73. The summed E-state index contributed by atoms with van der Waals surface area (Å²) in [6.07, 6.45) is 2.02. The molecule has 2 heterocycles. The van der Waals surface area contributed by atoms with Gasteiger partial charge in [-0.25, -0.2) is 14.8 Å². The summed E-state index contributed by atoms with van der Waals surface area (Å²) in [6.45, 7) is 0.424. The molecule has 0 atom stereocenters. The van der Waals surface area contributed by atoms with Crippen molar-refractivity contribution in [2.75, 3.05) is 0 Å². The third kappa shape index (κ3) is 4.17. The largest absolute Gasteiger partial charge is 0.504 e. The Labute approximate surface area is 181 Å². The number of carboxylic acids is 1. The summed E-state index contributed by atoms with van der Waals surface area (Å²) in [5.74, 6) is -4.01. The third-order valence-corrected chi connectivity index (χ3v) is 4.81. The summed E-state index contributed by atoms with van der Waals surface area (Å²) in [5, 5.41) is 19.4. The van der Waals surface area contributed by atoms with Crippen LogP contribution in [0.5, 0.6) is 0 Å². The number of carbonyl (C=O) groups is 2. The van der Waals surface area contributed by atoms with Crippen LogP contribution in [-0.2, 0) is 22.7 Å². The van der Waals surface area contributed by atoms with Gasteiger partial charge in [0.1, 0.15) is 0 Å². The number of carboxylic acid groups (broad SMARTS) is 1. The van der Waals surface area contributed by atoms with Crippen molar-refractivity contribution < 1.29 is 19.8 Å². The minimum Gasteiger partial charge on any atom is -0.504 e. The van der Waals surface area contributed by atoms with Crippen LogP contribution in [-0.4, -0.2) is 41.1 Å². The Morgan fingerprint density at radius 3 is 2.09 bits per heavy atom. The molecule has 0 radical (unpaired) electrons. The van der Waals surface area contributed by atoms with Gasteiger partial charge in [-0.3, -0.25) is 14.2 Å². The summed E-state index contributed by atoms with van der Waals surface area (Å²) in [5.41, 5.74) is 1.48. The van der Waals surface area contributed by atoms with Crippen LogP contribution in [0.15, 0.2) is 77.9 Å². The fourth-order valence-electron chi connectivity index (χ4n) is 3.28. The van der Waals surface area contributed by atoms with Crippen molar-refractivity contribution in [3.8, 4) is 0 Å². The molecule has 0 aliphatic carbocycles. The predicted octanol–water partition coefficient (Wildman–Crippen LogP) is 2.24. The van der Waals surface area contributed by atoms with Crippen molar-refractivity contribution >= 4 is 28.7 Å². The maximum Gasteiger partial charge on any atom is 0.376 e. The summed E-state index contributed by atoms with van der Waals surface area (Å²) in [7, 11) is 0. The van der Waals surface area contributed by atoms with Crippen LogP contribution in [0, 0.1) is 0 Å². The van der Waals surface area contributed by atoms with Gasteiger partial charge in [0.15, 0.2) is 22.7 Å². The first-order valence-corrected chi connectivity index (χ1v) is 9.66. The van der Waals surface area contributed by atoms with E-state index in [2.05, 4.69) is 9.97 Å². The summed E-state index contributed by atoms with van der Waals surface area (Å²) in [6, 6.07) is 18.5. The molecule has 9 heteroatoms. The number of ketones is 1. The number of hydrogen-bond acceptors (Lipinski definition) is 6. The van der Waals surface area contributed by atoms with E-state index in [-0.39, 0.29) is 23.5 Å². The van der Waals surface area contributed by atoms with Crippen molar-refractivity contribution in [1.29, 1.82) is 0 Å². The highest BCUT2D eigenvalue weighted by Crippen LogP contribution is 2.16. The van der Waals surface area contributed by atoms with Crippen molar-refractivity contribution in [2.24, 2.45) is 0 Å². The number of rotatable bonds is 7. The monoisotopic (exact) mass is 430 g/mol. The molecule has 0 fully saturated rings. The quantitative estimate of drug-likeness (QED) is 0.261. The molecular weight excluding hydrogens is 412 g/mol. The molecule has 0 aliphatic heterocycles. The number of nitrogens with zero attached hydrogens (tertiary/aromatic N) is 4. The van der Waals surface area contributed by atoms with E-state index < -0.39 is 23.1 Å². The number of aromatic nitrogens is 4. The van der Waals surface area contributed by atoms with Crippen LogP contribution in [0.25, 0.3) is 16.9 Å². The zero-order valence-corrected chi connectivity index (χ0v) is 16.8. The predicted molar refractivity (Wildman–Crippen MR) is 116 cm³/mol. The summed E-state index contributed by atoms with van der Waals surface area (Å²) < 4.78 is 2.81. The zero-order valence-electron chi connectivity index (χ0n) is 16.8. The number of hydrogen-bond donors (Lipinski definition) is 2. The van der Waals surface area contributed by atoms with Gasteiger partial charge >= 0.3 is 5.97 Å². The third-order valence-electron chi connectivity index (χ3n) is 4.81. The van der Waals surface area contributed by atoms with Gasteiger partial charge in [-0.1, -0.05) is 60.7 Å². The van der Waals surface area contributed by atoms with Gasteiger partial charge in [0.25, 0.3) is 11.3 Å². The smallest absolute Gasteiger partial charge is 0.376 e. The van der Waals surface area contributed by atoms with Crippen molar-refractivity contribution in [1.82, 2.24) is 19.1 Å². The van der Waals surface area contributed by atoms with E-state index in [0.717, 1.165) is 11.1 Å². The number of fused-ring (bicyclic) bond motifs is 1. The highest BCUT2D eigenvalue weighted by atomic mass is 16.4. The SMILES string of the molecule is O=C(O)C(=O)C=C(O)c1nc2c(ncn2Cc2ccccc2)c(=O)n1Cc1ccccc1. The van der Waals surface area contributed by atoms with Gasteiger partial charge in [-0.15, -0.1) is 0 Å². The fourth-order valence-corrected chi connectivity index (χ4v) is 3.28. The molecule has 0 saturated carbocycles. The Morgan fingerprint density at radius 1 is 0.906 bits per heavy atom. The topological polar surface area (TPSA) is 127 Å². The lowest BCUT2D eigenvalue weighted by Gasteiger charge is -2.12. The molecule has 2 aromatic heterocycles. The fraction of sp³-hybridized carbons (Fsp3) is 0.0870. The van der Waals surface area contributed by atoms with Gasteiger partial charge in [0.05, 0.1) is 19.4 Å². The average Bonchev–Trinajstić information content (AvgIpc) is 3.19. The molecule has 0 spiro atoms. The van der Waals surface area contributed by atoms with Crippen LogP contribution in [0.3, 0.4) is 0 Å². The first kappa shape index (κ1) is 20.7. The van der Waals surface area contributed by atoms with Gasteiger partial charge in [-0.05, 0) is 11.1 Å². The lowest BCUT2D eigenvalue weighted by molar-refractivity contribution is -0.146. The first-order valence-electron chi connectivity index (χ1n) is 9.66. The lowest BCUT2D eigenvalue weighted by Crippen LogP contribution is -2.26. The van der Waals surface area contributed by atoms with E-state index in [9.17, 15) is 19.5 Å². The number of aliphatic hydroxyl groups is 1. The Balaban J connectivity index is 1.88. The number of aliphatic carboxylic acids is 1. The second-order valence-corrected chi connectivity index (χ2v) is 7.04. The summed E-state index contributed by atoms with van der Waals surface area (Å²) in [4.78, 5) is 44.4. The van der Waals surface area contributed by atoms with E-state index in [0.29, 0.717) is 12.6 Å². The second-order valence-electron chi connectivity index (χ2n) is 7.04.